The Bertz CT molecular complexity index is 1200. The fraction of sp³-hybridized carbons (Fsp3) is 0.600. The van der Waals surface area contributed by atoms with E-state index in [9.17, 15) is 27.2 Å². The van der Waals surface area contributed by atoms with Crippen LogP contribution in [-0.2, 0) is 0 Å². The Morgan fingerprint density at radius 3 is 2.45 bits per heavy atom. The molecule has 1 aromatic heterocycles. The molecule has 3 unspecified atom stereocenters. The summed E-state index contributed by atoms with van der Waals surface area (Å²) in [6, 6.07) is -1.66. The first-order valence-electron chi connectivity index (χ1n) is 10.2. The van der Waals surface area contributed by atoms with Gasteiger partial charge in [0.2, 0.25) is 0 Å². The van der Waals surface area contributed by atoms with Gasteiger partial charge in [-0.15, -0.1) is 0 Å². The Morgan fingerprint density at radius 1 is 1.19 bits per heavy atom. The molecule has 5 rings (SSSR count). The topological polar surface area (TPSA) is 84.1 Å². The zero-order valence-corrected chi connectivity index (χ0v) is 16.6. The molecule has 3 fully saturated rings. The Kier molecular flexibility index (Phi) is 4.32. The Balaban J connectivity index is 1.74. The van der Waals surface area contributed by atoms with Crippen molar-refractivity contribution in [2.75, 3.05) is 18.0 Å². The first-order valence-corrected chi connectivity index (χ1v) is 10.2. The van der Waals surface area contributed by atoms with Crippen LogP contribution in [0.5, 0.6) is 0 Å². The third-order valence-corrected chi connectivity index (χ3v) is 6.99. The maximum Gasteiger partial charge on any atom is 0.329 e. The summed E-state index contributed by atoms with van der Waals surface area (Å²) in [5, 5.41) is -0.539. The molecule has 2 saturated carbocycles. The number of anilines is 1. The van der Waals surface area contributed by atoms with Gasteiger partial charge in [-0.2, -0.15) is 0 Å². The van der Waals surface area contributed by atoms with Crippen molar-refractivity contribution < 1.29 is 22.0 Å². The average Bonchev–Trinajstić information content (AvgIpc) is 3.38. The average molecular weight is 444 g/mol. The summed E-state index contributed by atoms with van der Waals surface area (Å²) in [7, 11) is 0. The molecule has 2 aromatic rings. The second-order valence-corrected chi connectivity index (χ2v) is 8.91. The summed E-state index contributed by atoms with van der Waals surface area (Å²) in [4.78, 5) is 28.4. The van der Waals surface area contributed by atoms with Crippen LogP contribution >= 0.6 is 0 Å². The van der Waals surface area contributed by atoms with Gasteiger partial charge in [-0.25, -0.2) is 26.7 Å². The van der Waals surface area contributed by atoms with E-state index in [1.165, 1.54) is 16.4 Å². The lowest BCUT2D eigenvalue weighted by atomic mass is 9.98. The molecule has 1 saturated heterocycles. The third-order valence-electron chi connectivity index (χ3n) is 6.99. The molecule has 31 heavy (non-hydrogen) atoms. The molecule has 1 aromatic carbocycles. The van der Waals surface area contributed by atoms with Gasteiger partial charge in [-0.05, 0) is 25.7 Å². The molecule has 2 heterocycles. The second kappa shape index (κ2) is 6.54. The minimum atomic E-state index is -3.30. The maximum absolute atomic E-state index is 15.5. The molecule has 0 bridgehead atoms. The van der Waals surface area contributed by atoms with E-state index in [0.717, 1.165) is 0 Å². The number of aromatic amines is 1. The van der Waals surface area contributed by atoms with Gasteiger partial charge in [0.1, 0.15) is 0 Å². The molecule has 0 amide bonds. The van der Waals surface area contributed by atoms with Crippen LogP contribution in [0.4, 0.5) is 27.6 Å². The fourth-order valence-corrected chi connectivity index (χ4v) is 5.44. The highest BCUT2D eigenvalue weighted by atomic mass is 19.3. The van der Waals surface area contributed by atoms with Crippen LogP contribution in [0.3, 0.4) is 0 Å². The molecule has 3 N–H and O–H groups in total. The van der Waals surface area contributed by atoms with Gasteiger partial charge in [-0.3, -0.25) is 14.3 Å². The number of aromatic nitrogens is 2. The first kappa shape index (κ1) is 20.5. The van der Waals surface area contributed by atoms with Crippen LogP contribution in [0, 0.1) is 24.6 Å². The number of halogens is 5. The van der Waals surface area contributed by atoms with Crippen LogP contribution in [0.15, 0.2) is 9.59 Å². The van der Waals surface area contributed by atoms with E-state index < -0.39 is 64.7 Å². The van der Waals surface area contributed by atoms with Crippen LogP contribution < -0.4 is 21.9 Å². The summed E-state index contributed by atoms with van der Waals surface area (Å²) in [6.45, 7) is 1.50. The largest absolute Gasteiger partial charge is 0.368 e. The Morgan fingerprint density at radius 2 is 1.87 bits per heavy atom. The van der Waals surface area contributed by atoms with Crippen molar-refractivity contribution in [1.29, 1.82) is 0 Å². The minimum absolute atomic E-state index is 0.00970. The number of H-pyrrole nitrogens is 1. The van der Waals surface area contributed by atoms with E-state index in [0.29, 0.717) is 12.8 Å². The number of aryl methyl sites for hydroxylation is 1. The van der Waals surface area contributed by atoms with Crippen molar-refractivity contribution in [1.82, 2.24) is 9.55 Å². The van der Waals surface area contributed by atoms with Crippen molar-refractivity contribution in [2.45, 2.75) is 50.6 Å². The molecule has 1 aliphatic heterocycles. The van der Waals surface area contributed by atoms with Gasteiger partial charge in [0.05, 0.1) is 28.2 Å². The van der Waals surface area contributed by atoms with Crippen molar-refractivity contribution in [3.8, 4) is 0 Å². The second-order valence-electron chi connectivity index (χ2n) is 8.91. The highest BCUT2D eigenvalue weighted by molar-refractivity contribution is 5.90. The molecule has 6 nitrogen and oxygen atoms in total. The molecule has 168 valence electrons. The number of fused-ring (bicyclic) bond motifs is 2. The number of hydrogen-bond acceptors (Lipinski definition) is 4. The predicted octanol–water partition coefficient (Wildman–Crippen LogP) is 2.83. The summed E-state index contributed by atoms with van der Waals surface area (Å²) in [5.74, 6) is -5.39. The standard InChI is InChI=1S/C20H21F5N4O2/c1-7-14-12(18(30)27-19(31)29(14)9-2-3-9)11(17(22)23)13(21)15(7)28-5-8-4-20(24,25)16(26)10(8)6-28/h8-10,16-17H,2-6,26H2,1H3,(H,27,30,31). The Hall–Kier alpha value is -2.43. The highest BCUT2D eigenvalue weighted by Crippen LogP contribution is 2.49. The number of nitrogens with zero attached hydrogens (tertiary/aromatic N) is 2. The maximum atomic E-state index is 15.5. The van der Waals surface area contributed by atoms with Gasteiger partial charge in [0.25, 0.3) is 17.9 Å². The normalized spacial score (nSPS) is 27.5. The smallest absolute Gasteiger partial charge is 0.329 e. The summed E-state index contributed by atoms with van der Waals surface area (Å²) < 4.78 is 72.6. The van der Waals surface area contributed by atoms with Gasteiger partial charge in [-0.1, -0.05) is 0 Å². The molecular formula is C20H21F5N4O2. The predicted molar refractivity (Wildman–Crippen MR) is 103 cm³/mol. The first-order chi connectivity index (χ1) is 14.5. The zero-order valence-electron chi connectivity index (χ0n) is 16.6. The fourth-order valence-electron chi connectivity index (χ4n) is 5.44. The molecule has 3 atom stereocenters. The van der Waals surface area contributed by atoms with Crippen LogP contribution in [0.25, 0.3) is 10.9 Å². The summed E-state index contributed by atoms with van der Waals surface area (Å²) >= 11 is 0. The third kappa shape index (κ3) is 2.85. The molecule has 0 spiro atoms. The molecular weight excluding hydrogens is 423 g/mol. The van der Waals surface area contributed by atoms with E-state index in [1.54, 1.807) is 0 Å². The number of benzene rings is 1. The van der Waals surface area contributed by atoms with E-state index in [2.05, 4.69) is 0 Å². The van der Waals surface area contributed by atoms with E-state index in [-0.39, 0.29) is 35.9 Å². The minimum Gasteiger partial charge on any atom is -0.368 e. The SMILES string of the molecule is Cc1c(N2CC3CC(F)(F)C(N)C3C2)c(F)c(C(F)F)c2c(=O)[nH]c(=O)n(C3CC3)c12. The van der Waals surface area contributed by atoms with Gasteiger partial charge in [0.15, 0.2) is 5.82 Å². The lowest BCUT2D eigenvalue weighted by molar-refractivity contribution is -0.0146. The van der Waals surface area contributed by atoms with Crippen molar-refractivity contribution in [2.24, 2.45) is 17.6 Å². The number of alkyl halides is 4. The van der Waals surface area contributed by atoms with Gasteiger partial charge >= 0.3 is 5.69 Å². The molecule has 2 aliphatic carbocycles. The van der Waals surface area contributed by atoms with Crippen molar-refractivity contribution >= 4 is 16.6 Å². The zero-order chi connectivity index (χ0) is 22.4. The number of hydrogen-bond donors (Lipinski definition) is 2. The monoisotopic (exact) mass is 444 g/mol. The van der Waals surface area contributed by atoms with Crippen LogP contribution in [-0.4, -0.2) is 34.6 Å². The Labute approximate surface area is 172 Å². The van der Waals surface area contributed by atoms with E-state index in [4.69, 9.17) is 5.73 Å². The van der Waals surface area contributed by atoms with Gasteiger partial charge < -0.3 is 10.6 Å². The van der Waals surface area contributed by atoms with Crippen molar-refractivity contribution in [3.63, 3.8) is 0 Å². The number of nitrogens with one attached hydrogen (secondary N) is 1. The lowest BCUT2D eigenvalue weighted by Gasteiger charge is -2.28. The summed E-state index contributed by atoms with van der Waals surface area (Å²) in [5.41, 5.74) is 2.82. The molecule has 11 heteroatoms. The van der Waals surface area contributed by atoms with Crippen molar-refractivity contribution in [3.05, 3.63) is 37.8 Å². The quantitative estimate of drug-likeness (QED) is 0.714. The van der Waals surface area contributed by atoms with Crippen LogP contribution in [0.1, 0.15) is 42.9 Å². The highest BCUT2D eigenvalue weighted by Gasteiger charge is 2.57. The van der Waals surface area contributed by atoms with Gasteiger partial charge in [0, 0.05) is 37.0 Å². The summed E-state index contributed by atoms with van der Waals surface area (Å²) in [6.07, 6.45) is -2.48. The number of rotatable bonds is 3. The molecule has 3 aliphatic rings. The molecule has 0 radical (unpaired) electrons. The number of nitrogens with two attached hydrogens (primary N) is 1. The van der Waals surface area contributed by atoms with Crippen LogP contribution in [0.2, 0.25) is 0 Å². The van der Waals surface area contributed by atoms with E-state index in [1.807, 2.05) is 4.98 Å². The van der Waals surface area contributed by atoms with E-state index >= 15 is 4.39 Å². The lowest BCUT2D eigenvalue weighted by Crippen LogP contribution is -2.42.